The lowest BCUT2D eigenvalue weighted by Crippen LogP contribution is -2.68. The van der Waals surface area contributed by atoms with Gasteiger partial charge in [-0.1, -0.05) is 12.5 Å². The number of hydrogen-bond acceptors (Lipinski definition) is 3. The second kappa shape index (κ2) is 10.8. The van der Waals surface area contributed by atoms with Crippen LogP contribution in [0.25, 0.3) is 0 Å². The summed E-state index contributed by atoms with van der Waals surface area (Å²) in [6.45, 7) is 3.94. The van der Waals surface area contributed by atoms with E-state index in [-0.39, 0.29) is 0 Å². The first-order valence-corrected chi connectivity index (χ1v) is 9.55. The fourth-order valence-electron chi connectivity index (χ4n) is 1.78. The van der Waals surface area contributed by atoms with Crippen molar-refractivity contribution in [2.24, 2.45) is 5.73 Å². The van der Waals surface area contributed by atoms with E-state index in [1.807, 2.05) is 0 Å². The van der Waals surface area contributed by atoms with E-state index >= 15 is 0 Å². The van der Waals surface area contributed by atoms with Crippen molar-refractivity contribution in [3.05, 3.63) is 12.7 Å². The van der Waals surface area contributed by atoms with Gasteiger partial charge in [0.15, 0.2) is 0 Å². The Kier molecular flexibility index (Phi) is 11.0. The molecule has 18 heteroatoms. The zero-order valence-electron chi connectivity index (χ0n) is 15.7. The predicted octanol–water partition coefficient (Wildman–Crippen LogP) is 5.65. The van der Waals surface area contributed by atoms with Crippen LogP contribution in [0.2, 0.25) is 0 Å². The predicted molar refractivity (Wildman–Crippen MR) is 84.7 cm³/mol. The summed E-state index contributed by atoms with van der Waals surface area (Å²) < 4.78 is 195. The van der Waals surface area contributed by atoms with Crippen molar-refractivity contribution >= 4 is 10.1 Å². The number of hydrogen-bond donors (Lipinski definition) is 2. The van der Waals surface area contributed by atoms with Gasteiger partial charge in [-0.2, -0.15) is 65.5 Å². The van der Waals surface area contributed by atoms with Gasteiger partial charge in [-0.05, 0) is 12.8 Å². The molecule has 32 heavy (non-hydrogen) atoms. The lowest BCUT2D eigenvalue weighted by Gasteiger charge is -2.38. The van der Waals surface area contributed by atoms with Crippen molar-refractivity contribution < 1.29 is 70.0 Å². The van der Waals surface area contributed by atoms with E-state index in [4.69, 9.17) is 10.3 Å². The summed E-state index contributed by atoms with van der Waals surface area (Å²) in [7, 11) is -7.44. The summed E-state index contributed by atoms with van der Waals surface area (Å²) >= 11 is 0. The van der Waals surface area contributed by atoms with Crippen LogP contribution in [-0.2, 0) is 10.1 Å². The molecule has 0 saturated heterocycles. The standard InChI is InChI=1S/C11H11F13O3S.C3H7N/c12-6(13,4-2-1-3-5-7(14,15)16)8(17,18)9(19,20)10(21,22)11(23,24)28(25,26)27;1-2-3-4/h1-5H2,(H,25,26,27);2H,1,3-4H2. The molecular weight excluding hydrogens is 509 g/mol. The molecule has 0 aromatic heterocycles. The molecule has 0 fully saturated rings. The number of unbranched alkanes of at least 4 members (excludes halogenated alkanes) is 2. The van der Waals surface area contributed by atoms with Crippen LogP contribution in [-0.4, -0.2) is 54.6 Å². The van der Waals surface area contributed by atoms with Crippen LogP contribution in [0.5, 0.6) is 0 Å². The van der Waals surface area contributed by atoms with Gasteiger partial charge in [0.25, 0.3) is 0 Å². The molecule has 0 unspecified atom stereocenters. The molecule has 0 bridgehead atoms. The maximum absolute atomic E-state index is 13.3. The summed E-state index contributed by atoms with van der Waals surface area (Å²) in [6.07, 6.45) is -10.1. The molecule has 0 rings (SSSR count). The van der Waals surface area contributed by atoms with Crippen LogP contribution in [0, 0.1) is 0 Å². The van der Waals surface area contributed by atoms with Crippen molar-refractivity contribution in [1.29, 1.82) is 0 Å². The van der Waals surface area contributed by atoms with Crippen LogP contribution < -0.4 is 5.73 Å². The van der Waals surface area contributed by atoms with E-state index in [2.05, 4.69) is 6.58 Å². The topological polar surface area (TPSA) is 80.4 Å². The van der Waals surface area contributed by atoms with Gasteiger partial charge < -0.3 is 5.73 Å². The van der Waals surface area contributed by atoms with Gasteiger partial charge in [-0.25, -0.2) is 0 Å². The average Bonchev–Trinajstić information content (AvgIpc) is 2.58. The zero-order chi connectivity index (χ0) is 26.4. The van der Waals surface area contributed by atoms with Gasteiger partial charge in [0.2, 0.25) is 0 Å². The summed E-state index contributed by atoms with van der Waals surface area (Å²) in [5.74, 6) is -28.8. The zero-order valence-corrected chi connectivity index (χ0v) is 16.5. The van der Waals surface area contributed by atoms with E-state index in [1.54, 1.807) is 6.08 Å². The molecule has 0 aromatic carbocycles. The Bertz CT molecular complexity index is 705. The van der Waals surface area contributed by atoms with Crippen molar-refractivity contribution in [1.82, 2.24) is 0 Å². The monoisotopic (exact) mass is 527 g/mol. The normalized spacial score (nSPS) is 14.6. The summed E-state index contributed by atoms with van der Waals surface area (Å²) in [5.41, 5.74) is 4.91. The largest absolute Gasteiger partial charge is 0.438 e. The molecule has 0 aliphatic heterocycles. The summed E-state index contributed by atoms with van der Waals surface area (Å²) in [4.78, 5) is 0. The van der Waals surface area contributed by atoms with E-state index in [0.717, 1.165) is 0 Å². The van der Waals surface area contributed by atoms with Crippen LogP contribution in [0.1, 0.15) is 32.1 Å². The smallest absolute Gasteiger partial charge is 0.327 e. The molecule has 0 aliphatic carbocycles. The lowest BCUT2D eigenvalue weighted by molar-refractivity contribution is -0.390. The van der Waals surface area contributed by atoms with Gasteiger partial charge in [-0.15, -0.1) is 6.58 Å². The van der Waals surface area contributed by atoms with Crippen LogP contribution >= 0.6 is 0 Å². The summed E-state index contributed by atoms with van der Waals surface area (Å²) in [6, 6.07) is 0. The molecule has 0 aliphatic rings. The number of rotatable bonds is 11. The number of nitrogens with two attached hydrogens (primary N) is 1. The Morgan fingerprint density at radius 3 is 1.41 bits per heavy atom. The second-order valence-corrected chi connectivity index (χ2v) is 7.58. The van der Waals surface area contributed by atoms with Crippen LogP contribution in [0.4, 0.5) is 57.1 Å². The van der Waals surface area contributed by atoms with Crippen molar-refractivity contribution in [3.63, 3.8) is 0 Å². The van der Waals surface area contributed by atoms with Crippen molar-refractivity contribution in [2.45, 2.75) is 67.2 Å². The van der Waals surface area contributed by atoms with Crippen molar-refractivity contribution in [3.8, 4) is 0 Å². The highest BCUT2D eigenvalue weighted by Gasteiger charge is 2.88. The summed E-state index contributed by atoms with van der Waals surface area (Å²) in [5, 5.41) is -7.27. The molecule has 0 aromatic rings. The average molecular weight is 527 g/mol. The molecule has 0 radical (unpaired) electrons. The van der Waals surface area contributed by atoms with E-state index < -0.39 is 77.3 Å². The first kappa shape index (κ1) is 32.9. The van der Waals surface area contributed by atoms with Crippen molar-refractivity contribution in [2.75, 3.05) is 6.54 Å². The molecule has 0 amide bonds. The SMILES string of the molecule is C=CCN.O=S(=O)(O)C(F)(F)C(F)(F)C(F)(F)C(F)(F)C(F)(F)CCCCCC(F)(F)F. The molecule has 194 valence electrons. The Hall–Kier alpha value is -1.30. The van der Waals surface area contributed by atoms with Gasteiger partial charge in [0.05, 0.1) is 0 Å². The molecule has 0 atom stereocenters. The molecule has 0 spiro atoms. The Labute approximate surface area is 173 Å². The molecular formula is C14H18F13NO3S. The first-order chi connectivity index (χ1) is 13.9. The highest BCUT2D eigenvalue weighted by Crippen LogP contribution is 2.58. The third kappa shape index (κ3) is 7.36. The number of halogens is 13. The maximum Gasteiger partial charge on any atom is 0.438 e. The van der Waals surface area contributed by atoms with Gasteiger partial charge in [0, 0.05) is 19.4 Å². The molecule has 4 nitrogen and oxygen atoms in total. The second-order valence-electron chi connectivity index (χ2n) is 6.12. The minimum absolute atomic E-state index is 0.583. The number of alkyl halides is 13. The third-order valence-electron chi connectivity index (χ3n) is 3.56. The Morgan fingerprint density at radius 1 is 0.719 bits per heavy atom. The molecule has 0 heterocycles. The maximum atomic E-state index is 13.3. The highest BCUT2D eigenvalue weighted by molar-refractivity contribution is 7.87. The highest BCUT2D eigenvalue weighted by atomic mass is 32.2. The molecule has 0 saturated carbocycles. The van der Waals surface area contributed by atoms with Gasteiger partial charge >= 0.3 is 45.2 Å². The van der Waals surface area contributed by atoms with E-state index in [1.165, 1.54) is 0 Å². The quantitative estimate of drug-likeness (QED) is 0.158. The first-order valence-electron chi connectivity index (χ1n) is 8.11. The Morgan fingerprint density at radius 2 is 1.09 bits per heavy atom. The minimum Gasteiger partial charge on any atom is -0.327 e. The van der Waals surface area contributed by atoms with E-state index in [0.29, 0.717) is 6.54 Å². The minimum atomic E-state index is -7.69. The van der Waals surface area contributed by atoms with Gasteiger partial charge in [0.1, 0.15) is 0 Å². The van der Waals surface area contributed by atoms with Gasteiger partial charge in [-0.3, -0.25) is 4.55 Å². The Balaban J connectivity index is 0. The fraction of sp³-hybridized carbons (Fsp3) is 0.857. The lowest BCUT2D eigenvalue weighted by atomic mass is 9.94. The van der Waals surface area contributed by atoms with Crippen LogP contribution in [0.3, 0.4) is 0 Å². The fourth-order valence-corrected chi connectivity index (χ4v) is 2.23. The van der Waals surface area contributed by atoms with E-state index in [9.17, 15) is 65.5 Å². The van der Waals surface area contributed by atoms with Crippen LogP contribution in [0.15, 0.2) is 12.7 Å². The third-order valence-corrected chi connectivity index (χ3v) is 4.46. The molecule has 3 N–H and O–H groups in total.